The Balaban J connectivity index is 4.05. The highest BCUT2D eigenvalue weighted by Gasteiger charge is 2.21. The SMILES string of the molecule is CCCCCCCC/C=C\CCCCCCCC(=O)C[C@@H](CCCNC(=N)N)C(=O)CCCCCCC/C=C\CCCCCCCC. The molecule has 1 atom stereocenters. The van der Waals surface area contributed by atoms with E-state index in [1.165, 1.54) is 141 Å². The fraction of sp³-hybridized carbons (Fsp3) is 0.833. The van der Waals surface area contributed by atoms with Gasteiger partial charge in [-0.05, 0) is 77.0 Å². The number of nitrogens with two attached hydrogens (primary N) is 1. The van der Waals surface area contributed by atoms with Crippen molar-refractivity contribution in [3.05, 3.63) is 24.3 Å². The van der Waals surface area contributed by atoms with Crippen LogP contribution in [0.1, 0.15) is 213 Å². The third kappa shape index (κ3) is 35.2. The van der Waals surface area contributed by atoms with E-state index in [9.17, 15) is 9.59 Å². The first-order chi connectivity index (χ1) is 23.0. The Morgan fingerprint density at radius 2 is 0.936 bits per heavy atom. The molecule has 0 bridgehead atoms. The normalized spacial score (nSPS) is 12.3. The third-order valence-electron chi connectivity index (χ3n) is 9.38. The number of carbonyl (C=O) groups is 2. The highest BCUT2D eigenvalue weighted by Crippen LogP contribution is 2.20. The van der Waals surface area contributed by atoms with Crippen LogP contribution in [-0.4, -0.2) is 24.1 Å². The van der Waals surface area contributed by atoms with Gasteiger partial charge in [0.25, 0.3) is 0 Å². The Labute approximate surface area is 292 Å². The molecule has 4 N–H and O–H groups in total. The van der Waals surface area contributed by atoms with E-state index in [1.807, 2.05) is 0 Å². The minimum absolute atomic E-state index is 0.0403. The smallest absolute Gasteiger partial charge is 0.185 e. The van der Waals surface area contributed by atoms with E-state index < -0.39 is 0 Å². The topological polar surface area (TPSA) is 96.0 Å². The van der Waals surface area contributed by atoms with Crippen LogP contribution in [0.4, 0.5) is 0 Å². The molecule has 0 fully saturated rings. The van der Waals surface area contributed by atoms with Crippen LogP contribution >= 0.6 is 0 Å². The van der Waals surface area contributed by atoms with Gasteiger partial charge in [0.15, 0.2) is 5.96 Å². The average Bonchev–Trinajstić information content (AvgIpc) is 3.05. The molecule has 274 valence electrons. The van der Waals surface area contributed by atoms with Crippen molar-refractivity contribution in [3.8, 4) is 0 Å². The molecule has 0 heterocycles. The van der Waals surface area contributed by atoms with Gasteiger partial charge >= 0.3 is 0 Å². The second-order valence-electron chi connectivity index (χ2n) is 14.1. The molecule has 0 aliphatic heterocycles. The summed E-state index contributed by atoms with van der Waals surface area (Å²) in [6.45, 7) is 5.11. The number of unbranched alkanes of at least 4 members (excludes halogenated alkanes) is 22. The van der Waals surface area contributed by atoms with Gasteiger partial charge in [0.2, 0.25) is 0 Å². The number of guanidine groups is 1. The van der Waals surface area contributed by atoms with E-state index in [0.717, 1.165) is 32.1 Å². The summed E-state index contributed by atoms with van der Waals surface area (Å²) in [4.78, 5) is 25.9. The zero-order valence-corrected chi connectivity index (χ0v) is 31.4. The van der Waals surface area contributed by atoms with Crippen LogP contribution in [-0.2, 0) is 9.59 Å². The van der Waals surface area contributed by atoms with Crippen LogP contribution in [0, 0.1) is 11.3 Å². The van der Waals surface area contributed by atoms with Crippen molar-refractivity contribution < 1.29 is 9.59 Å². The lowest BCUT2D eigenvalue weighted by Gasteiger charge is -2.16. The molecule has 0 aliphatic rings. The molecule has 0 aromatic heterocycles. The third-order valence-corrected chi connectivity index (χ3v) is 9.38. The zero-order valence-electron chi connectivity index (χ0n) is 31.4. The van der Waals surface area contributed by atoms with Crippen LogP contribution < -0.4 is 11.1 Å². The minimum atomic E-state index is -0.184. The van der Waals surface area contributed by atoms with Crippen LogP contribution in [0.3, 0.4) is 0 Å². The molecule has 0 aliphatic carbocycles. The van der Waals surface area contributed by atoms with Crippen molar-refractivity contribution in [2.45, 2.75) is 213 Å². The van der Waals surface area contributed by atoms with E-state index >= 15 is 0 Å². The molecular weight excluding hydrogens is 578 g/mol. The van der Waals surface area contributed by atoms with E-state index in [2.05, 4.69) is 43.5 Å². The summed E-state index contributed by atoms with van der Waals surface area (Å²) in [5.41, 5.74) is 5.41. The lowest BCUT2D eigenvalue weighted by Crippen LogP contribution is -2.31. The first-order valence-electron chi connectivity index (χ1n) is 20.4. The Bertz CT molecular complexity index is 776. The lowest BCUT2D eigenvalue weighted by atomic mass is 9.88. The Hall–Kier alpha value is -1.91. The average molecular weight is 658 g/mol. The standard InChI is InChI=1S/C42H79N3O2/c1-3-5-7-9-11-13-15-17-19-21-23-25-27-29-31-35-40(46)38-39(34-33-37-45-42(43)44)41(47)36-32-30-28-26-24-22-20-18-16-14-12-10-8-6-4-2/h17-20,39H,3-16,21-38H2,1-2H3,(H4,43,44,45)/b19-17-,20-18-/t39-/m1/s1. The molecule has 47 heavy (non-hydrogen) atoms. The van der Waals surface area contributed by atoms with Gasteiger partial charge in [-0.3, -0.25) is 15.0 Å². The largest absolute Gasteiger partial charge is 0.370 e. The summed E-state index contributed by atoms with van der Waals surface area (Å²) >= 11 is 0. The number of Topliss-reactive ketones (excluding diaryl/α,β-unsaturated/α-hetero) is 2. The van der Waals surface area contributed by atoms with Crippen LogP contribution in [0.25, 0.3) is 0 Å². The summed E-state index contributed by atoms with van der Waals surface area (Å²) in [7, 11) is 0. The zero-order chi connectivity index (χ0) is 34.5. The van der Waals surface area contributed by atoms with Crippen LogP contribution in [0.5, 0.6) is 0 Å². The molecular formula is C42H79N3O2. The first kappa shape index (κ1) is 45.1. The summed E-state index contributed by atoms with van der Waals surface area (Å²) in [5, 5.41) is 10.2. The van der Waals surface area contributed by atoms with Gasteiger partial charge in [0.05, 0.1) is 0 Å². The van der Waals surface area contributed by atoms with Crippen LogP contribution in [0.2, 0.25) is 0 Å². The fourth-order valence-electron chi connectivity index (χ4n) is 6.29. The maximum atomic E-state index is 13.1. The molecule has 0 saturated heterocycles. The van der Waals surface area contributed by atoms with Gasteiger partial charge in [-0.1, -0.05) is 141 Å². The van der Waals surface area contributed by atoms with Gasteiger partial charge in [0.1, 0.15) is 11.6 Å². The van der Waals surface area contributed by atoms with Gasteiger partial charge in [0, 0.05) is 31.7 Å². The summed E-state index contributed by atoms with van der Waals surface area (Å²) < 4.78 is 0. The Morgan fingerprint density at radius 3 is 1.36 bits per heavy atom. The number of hydrogen-bond donors (Lipinski definition) is 3. The predicted octanol–water partition coefficient (Wildman–Crippen LogP) is 12.5. The number of ketones is 2. The predicted molar refractivity (Wildman–Crippen MR) is 206 cm³/mol. The summed E-state index contributed by atoms with van der Waals surface area (Å²) in [5.74, 6) is 0.269. The molecule has 0 amide bonds. The summed E-state index contributed by atoms with van der Waals surface area (Å²) in [6.07, 6.45) is 44.9. The van der Waals surface area contributed by atoms with Crippen molar-refractivity contribution in [2.75, 3.05) is 6.54 Å². The number of rotatable bonds is 37. The quantitative estimate of drug-likeness (QED) is 0.0268. The van der Waals surface area contributed by atoms with Gasteiger partial charge in [-0.2, -0.15) is 0 Å². The van der Waals surface area contributed by atoms with Crippen molar-refractivity contribution in [2.24, 2.45) is 11.7 Å². The first-order valence-corrected chi connectivity index (χ1v) is 20.4. The van der Waals surface area contributed by atoms with E-state index in [4.69, 9.17) is 11.1 Å². The highest BCUT2D eigenvalue weighted by molar-refractivity contribution is 5.87. The summed E-state index contributed by atoms with van der Waals surface area (Å²) in [6, 6.07) is 0. The van der Waals surface area contributed by atoms with Crippen molar-refractivity contribution in [1.82, 2.24) is 5.32 Å². The van der Waals surface area contributed by atoms with E-state index in [-0.39, 0.29) is 23.4 Å². The minimum Gasteiger partial charge on any atom is -0.370 e. The monoisotopic (exact) mass is 658 g/mol. The molecule has 0 spiro atoms. The molecule has 0 rings (SSSR count). The fourth-order valence-corrected chi connectivity index (χ4v) is 6.29. The number of hydrogen-bond acceptors (Lipinski definition) is 3. The van der Waals surface area contributed by atoms with Crippen molar-refractivity contribution in [1.29, 1.82) is 5.41 Å². The number of carbonyl (C=O) groups excluding carboxylic acids is 2. The molecule has 0 aromatic carbocycles. The molecule has 0 radical (unpaired) electrons. The molecule has 5 heteroatoms. The van der Waals surface area contributed by atoms with E-state index in [0.29, 0.717) is 32.2 Å². The Kier molecular flexibility index (Phi) is 35.4. The number of nitrogens with one attached hydrogen (secondary N) is 2. The highest BCUT2D eigenvalue weighted by atomic mass is 16.1. The van der Waals surface area contributed by atoms with Crippen LogP contribution in [0.15, 0.2) is 24.3 Å². The lowest BCUT2D eigenvalue weighted by molar-refractivity contribution is -0.128. The van der Waals surface area contributed by atoms with Crippen molar-refractivity contribution >= 4 is 17.5 Å². The Morgan fingerprint density at radius 1 is 0.553 bits per heavy atom. The second kappa shape index (κ2) is 36.9. The maximum absolute atomic E-state index is 13.1. The molecule has 0 saturated carbocycles. The molecule has 0 unspecified atom stereocenters. The maximum Gasteiger partial charge on any atom is 0.185 e. The molecule has 0 aromatic rings. The van der Waals surface area contributed by atoms with E-state index in [1.54, 1.807) is 0 Å². The number of allylic oxidation sites excluding steroid dienone is 4. The van der Waals surface area contributed by atoms with Gasteiger partial charge < -0.3 is 11.1 Å². The van der Waals surface area contributed by atoms with Gasteiger partial charge in [-0.15, -0.1) is 0 Å². The van der Waals surface area contributed by atoms with Crippen molar-refractivity contribution in [3.63, 3.8) is 0 Å². The second-order valence-corrected chi connectivity index (χ2v) is 14.1. The van der Waals surface area contributed by atoms with Gasteiger partial charge in [-0.25, -0.2) is 0 Å². The molecule has 5 nitrogen and oxygen atoms in total.